The molecule has 7 heterocycles. The van der Waals surface area contributed by atoms with Crippen LogP contribution in [0.25, 0.3) is 32.9 Å². The van der Waals surface area contributed by atoms with Crippen molar-refractivity contribution in [1.29, 1.82) is 0 Å². The van der Waals surface area contributed by atoms with E-state index in [0.29, 0.717) is 122 Å². The van der Waals surface area contributed by atoms with Gasteiger partial charge in [0.05, 0.1) is 37.4 Å². The molecule has 3 fully saturated rings. The number of fused-ring (bicyclic) bond motifs is 5. The van der Waals surface area contributed by atoms with Crippen LogP contribution in [0.3, 0.4) is 0 Å². The van der Waals surface area contributed by atoms with E-state index in [-0.39, 0.29) is 42.4 Å². The van der Waals surface area contributed by atoms with Gasteiger partial charge in [-0.3, -0.25) is 19.4 Å². The van der Waals surface area contributed by atoms with Gasteiger partial charge in [-0.25, -0.2) is 13.6 Å². The highest BCUT2D eigenvalue weighted by Gasteiger charge is 2.38. The van der Waals surface area contributed by atoms with Crippen molar-refractivity contribution in [2.75, 3.05) is 77.9 Å². The molecule has 2 amide bonds. The fraction of sp³-hybridized carbons (Fsp3) is 0.451. The summed E-state index contributed by atoms with van der Waals surface area (Å²) in [6.07, 6.45) is 4.39. The number of anilines is 1. The summed E-state index contributed by atoms with van der Waals surface area (Å²) in [4.78, 5) is 49.1. The topological polar surface area (TPSA) is 150 Å². The number of carbonyl (C=O) groups is 2. The lowest BCUT2D eigenvalue weighted by atomic mass is 9.94. The maximum Gasteiger partial charge on any atom is 0.410 e. The zero-order chi connectivity index (χ0) is 47.6. The number of piperazine rings is 1. The Morgan fingerprint density at radius 3 is 2.46 bits per heavy atom. The van der Waals surface area contributed by atoms with Crippen molar-refractivity contribution in [3.63, 3.8) is 0 Å². The molecule has 4 aliphatic heterocycles. The van der Waals surface area contributed by atoms with Crippen LogP contribution in [0.5, 0.6) is 11.8 Å². The smallest absolute Gasteiger partial charge is 0.410 e. The van der Waals surface area contributed by atoms with Crippen molar-refractivity contribution in [3.05, 3.63) is 101 Å². The molecular weight excluding hydrogens is 889 g/mol. The lowest BCUT2D eigenvalue weighted by molar-refractivity contribution is -0.0229. The van der Waals surface area contributed by atoms with Crippen LogP contribution in [-0.2, 0) is 40.3 Å². The highest BCUT2D eigenvalue weighted by atomic mass is 19.1. The first kappa shape index (κ1) is 46.2. The van der Waals surface area contributed by atoms with Crippen LogP contribution < -0.4 is 14.4 Å². The summed E-state index contributed by atoms with van der Waals surface area (Å²) in [6, 6.07) is 18.6. The van der Waals surface area contributed by atoms with Crippen LogP contribution in [0, 0.1) is 17.6 Å². The Morgan fingerprint density at radius 2 is 1.70 bits per heavy atom. The number of benzene rings is 3. The molecule has 10 rings (SSSR count). The first-order valence-electron chi connectivity index (χ1n) is 23.9. The van der Waals surface area contributed by atoms with E-state index < -0.39 is 17.7 Å². The average molecular weight is 946 g/mol. The van der Waals surface area contributed by atoms with Crippen molar-refractivity contribution in [2.24, 2.45) is 5.92 Å². The highest BCUT2D eigenvalue weighted by molar-refractivity contribution is 6.02. The number of ether oxygens (including phenoxy) is 5. The molecule has 3 aromatic carbocycles. The minimum Gasteiger partial charge on any atom is -0.468 e. The lowest BCUT2D eigenvalue weighted by Gasteiger charge is -2.36. The predicted octanol–water partition coefficient (Wildman–Crippen LogP) is 7.25. The van der Waals surface area contributed by atoms with Crippen molar-refractivity contribution in [3.8, 4) is 23.0 Å². The first-order chi connectivity index (χ1) is 33.6. The van der Waals surface area contributed by atoms with E-state index in [1.165, 1.54) is 13.2 Å². The van der Waals surface area contributed by atoms with Crippen molar-refractivity contribution in [2.45, 2.75) is 71.3 Å². The maximum absolute atomic E-state index is 17.6. The third-order valence-electron chi connectivity index (χ3n) is 13.7. The van der Waals surface area contributed by atoms with Crippen LogP contribution in [0.15, 0.2) is 66.9 Å². The van der Waals surface area contributed by atoms with E-state index in [1.54, 1.807) is 40.3 Å². The van der Waals surface area contributed by atoms with Gasteiger partial charge in [0.25, 0.3) is 5.91 Å². The third kappa shape index (κ3) is 9.61. The second kappa shape index (κ2) is 20.2. The maximum atomic E-state index is 17.6. The van der Waals surface area contributed by atoms with Crippen molar-refractivity contribution in [1.82, 2.24) is 39.4 Å². The lowest BCUT2D eigenvalue weighted by Crippen LogP contribution is -2.50. The number of methoxy groups -OCH3 is 1. The molecule has 4 aliphatic rings. The summed E-state index contributed by atoms with van der Waals surface area (Å²) in [7, 11) is 1.51. The predicted molar refractivity (Wildman–Crippen MR) is 253 cm³/mol. The standard InChI is InChI=1S/C51H57F2N9O7/c1-4-39-42(52)14-11-34-21-38(69-31-65-3)23-40(44(34)39)46-45(53)47-41(24-54-46)48(56-50(55-47)67-27-32(2)25-61-35-12-13-36(61)30-66-29-35)60-15-8-16-62-37(26-60)22-43(57-62)49(63)58-17-19-59(20-18-58)51(64)68-28-33-9-6-5-7-10-33/h5-7,9-11,14,21-24,32,35-36H,4,8,12-13,15-20,25-31H2,1-3H3/t32-,35?,36?/m1/s1. The molecular formula is C51H57F2N9O7. The van der Waals surface area contributed by atoms with Crippen LogP contribution in [-0.4, -0.2) is 137 Å². The molecule has 3 saturated heterocycles. The van der Waals surface area contributed by atoms with Crippen molar-refractivity contribution >= 4 is 39.5 Å². The minimum absolute atomic E-state index is 0.00130. The van der Waals surface area contributed by atoms with Gasteiger partial charge >= 0.3 is 12.1 Å². The van der Waals surface area contributed by atoms with E-state index in [2.05, 4.69) is 11.8 Å². The van der Waals surface area contributed by atoms with E-state index >= 15 is 8.78 Å². The molecule has 2 bridgehead atoms. The Balaban J connectivity index is 0.940. The number of hydrogen-bond donors (Lipinski definition) is 0. The molecule has 18 heteroatoms. The van der Waals surface area contributed by atoms with Gasteiger partial charge in [0.1, 0.15) is 35.2 Å². The van der Waals surface area contributed by atoms with Crippen LogP contribution >= 0.6 is 0 Å². The molecule has 0 aliphatic carbocycles. The van der Waals surface area contributed by atoms with E-state index in [1.807, 2.05) is 46.8 Å². The summed E-state index contributed by atoms with van der Waals surface area (Å²) < 4.78 is 63.7. The molecule has 0 spiro atoms. The molecule has 0 radical (unpaired) electrons. The van der Waals surface area contributed by atoms with E-state index in [9.17, 15) is 9.59 Å². The van der Waals surface area contributed by atoms with Gasteiger partial charge in [-0.15, -0.1) is 0 Å². The second-order valence-corrected chi connectivity index (χ2v) is 18.4. The van der Waals surface area contributed by atoms with Gasteiger partial charge in [-0.2, -0.15) is 15.1 Å². The Labute approximate surface area is 399 Å². The molecule has 3 atom stereocenters. The number of aryl methyl sites for hydroxylation is 2. The van der Waals surface area contributed by atoms with Gasteiger partial charge < -0.3 is 38.4 Å². The molecule has 0 N–H and O–H groups in total. The first-order valence-corrected chi connectivity index (χ1v) is 23.9. The summed E-state index contributed by atoms with van der Waals surface area (Å²) in [6.45, 7) is 9.42. The van der Waals surface area contributed by atoms with Gasteiger partial charge in [0.15, 0.2) is 18.3 Å². The number of halogens is 2. The number of hydrogen-bond acceptors (Lipinski definition) is 13. The Bertz CT molecular complexity index is 2830. The van der Waals surface area contributed by atoms with E-state index in [4.69, 9.17) is 43.7 Å². The zero-order valence-corrected chi connectivity index (χ0v) is 39.2. The number of pyridine rings is 1. The zero-order valence-electron chi connectivity index (χ0n) is 39.2. The molecule has 3 aromatic heterocycles. The van der Waals surface area contributed by atoms with Crippen LogP contribution in [0.4, 0.5) is 19.4 Å². The fourth-order valence-corrected chi connectivity index (χ4v) is 10.2. The quantitative estimate of drug-likeness (QED) is 0.101. The molecule has 69 heavy (non-hydrogen) atoms. The highest BCUT2D eigenvalue weighted by Crippen LogP contribution is 2.40. The number of morpholine rings is 1. The normalized spacial score (nSPS) is 18.9. The molecule has 6 aromatic rings. The second-order valence-electron chi connectivity index (χ2n) is 18.4. The number of rotatable bonds is 14. The van der Waals surface area contributed by atoms with Crippen LogP contribution in [0.2, 0.25) is 0 Å². The fourth-order valence-electron chi connectivity index (χ4n) is 10.2. The summed E-state index contributed by atoms with van der Waals surface area (Å²) in [5, 5.41) is 6.31. The molecule has 0 saturated carbocycles. The third-order valence-corrected chi connectivity index (χ3v) is 13.7. The minimum atomic E-state index is -0.715. The van der Waals surface area contributed by atoms with Gasteiger partial charge in [0, 0.05) is 82.7 Å². The number of amides is 2. The number of aromatic nitrogens is 5. The molecule has 362 valence electrons. The summed E-state index contributed by atoms with van der Waals surface area (Å²) in [5.74, 6) is -0.405. The van der Waals surface area contributed by atoms with Crippen molar-refractivity contribution < 1.29 is 42.1 Å². The largest absolute Gasteiger partial charge is 0.468 e. The van der Waals surface area contributed by atoms with E-state index in [0.717, 1.165) is 43.9 Å². The van der Waals surface area contributed by atoms with Crippen LogP contribution in [0.1, 0.15) is 60.4 Å². The van der Waals surface area contributed by atoms with Gasteiger partial charge in [-0.05, 0) is 71.8 Å². The average Bonchev–Trinajstić information content (AvgIpc) is 3.77. The molecule has 2 unspecified atom stereocenters. The SMILES string of the molecule is CCc1c(F)ccc2cc(OCOC)cc(-c3ncc4c(N5CCCn6nc(C(=O)N7CCN(C(=O)OCc8ccccc8)CC7)cc6C5)nc(OC[C@H](C)CN5C6CCC5COC6)nc4c3F)c12. The number of nitrogens with zero attached hydrogens (tertiary/aromatic N) is 9. The summed E-state index contributed by atoms with van der Waals surface area (Å²) in [5.41, 5.74) is 2.74. The van der Waals surface area contributed by atoms with Gasteiger partial charge in [0.2, 0.25) is 0 Å². The summed E-state index contributed by atoms with van der Waals surface area (Å²) >= 11 is 0. The Hall–Kier alpha value is -6.50. The monoisotopic (exact) mass is 945 g/mol. The number of carbonyl (C=O) groups excluding carboxylic acids is 2. The molecule has 16 nitrogen and oxygen atoms in total. The Morgan fingerprint density at radius 1 is 0.913 bits per heavy atom. The van der Waals surface area contributed by atoms with Gasteiger partial charge in [-0.1, -0.05) is 50.2 Å². The Kier molecular flexibility index (Phi) is 13.6.